The van der Waals surface area contributed by atoms with Crippen molar-refractivity contribution in [2.75, 3.05) is 0 Å². The predicted octanol–water partition coefficient (Wildman–Crippen LogP) is 4.69. The van der Waals surface area contributed by atoms with Crippen molar-refractivity contribution in [2.45, 2.75) is 71.9 Å². The quantitative estimate of drug-likeness (QED) is 0.783. The highest BCUT2D eigenvalue weighted by molar-refractivity contribution is 7.17. The second-order valence-electron chi connectivity index (χ2n) is 8.81. The predicted molar refractivity (Wildman–Crippen MR) is 104 cm³/mol. The van der Waals surface area contributed by atoms with Gasteiger partial charge in [-0.25, -0.2) is 4.79 Å². The molecule has 0 fully saturated rings. The van der Waals surface area contributed by atoms with Crippen LogP contribution in [0.5, 0.6) is 0 Å². The van der Waals surface area contributed by atoms with Gasteiger partial charge in [0, 0.05) is 10.9 Å². The van der Waals surface area contributed by atoms with Crippen LogP contribution in [0.4, 0.5) is 4.79 Å². The van der Waals surface area contributed by atoms with Crippen LogP contribution in [-0.2, 0) is 11.3 Å². The Hall–Kier alpha value is -1.11. The number of aliphatic hydroxyl groups is 1. The van der Waals surface area contributed by atoms with E-state index in [9.17, 15) is 9.90 Å². The van der Waals surface area contributed by atoms with Crippen LogP contribution in [0.25, 0.3) is 10.2 Å². The van der Waals surface area contributed by atoms with Crippen LogP contribution in [0.1, 0.15) is 47.1 Å². The third kappa shape index (κ3) is 3.19. The van der Waals surface area contributed by atoms with Crippen LogP contribution in [0.3, 0.4) is 0 Å². The Bertz CT molecular complexity index is 760. The molecule has 134 valence electrons. The number of ether oxygens (including phenoxy) is 1. The van der Waals surface area contributed by atoms with E-state index in [2.05, 4.69) is 33.9 Å². The van der Waals surface area contributed by atoms with E-state index in [4.69, 9.17) is 4.74 Å². The minimum absolute atomic E-state index is 0.0388. The Balaban J connectivity index is 2.80. The molecule has 0 aliphatic carbocycles. The maximum atomic E-state index is 13.0. The number of thiophene rings is 1. The fraction of sp³-hybridized carbons (Fsp3) is 0.611. The second kappa shape index (κ2) is 6.00. The van der Waals surface area contributed by atoms with Gasteiger partial charge in [-0.1, -0.05) is 33.9 Å². The first kappa shape index (κ1) is 19.2. The van der Waals surface area contributed by atoms with Crippen LogP contribution >= 0.6 is 11.3 Å². The lowest BCUT2D eigenvalue weighted by atomic mass is 10.2. The topological polar surface area (TPSA) is 51.5 Å². The summed E-state index contributed by atoms with van der Waals surface area (Å²) in [5.74, 6) is 0. The molecular weight excluding hydrogens is 338 g/mol. The first-order valence-electron chi connectivity index (χ1n) is 8.26. The number of nitrogens with zero attached hydrogens (tertiary/aromatic N) is 1. The van der Waals surface area contributed by atoms with E-state index < -0.39 is 13.7 Å². The highest BCUT2D eigenvalue weighted by atomic mass is 32.1. The van der Waals surface area contributed by atoms with Crippen LogP contribution < -0.4 is 5.32 Å². The highest BCUT2D eigenvalue weighted by Gasteiger charge is 2.43. The van der Waals surface area contributed by atoms with Crippen molar-refractivity contribution in [1.29, 1.82) is 0 Å². The van der Waals surface area contributed by atoms with Gasteiger partial charge in [-0.05, 0) is 37.3 Å². The average molecular weight is 368 g/mol. The molecule has 1 N–H and O–H groups in total. The molecule has 2 aromatic rings. The summed E-state index contributed by atoms with van der Waals surface area (Å²) < 4.78 is 8.39. The summed E-state index contributed by atoms with van der Waals surface area (Å²) in [4.78, 5) is 13.0. The van der Waals surface area contributed by atoms with Gasteiger partial charge in [-0.15, -0.1) is 11.3 Å². The van der Waals surface area contributed by atoms with E-state index in [1.54, 1.807) is 15.9 Å². The highest BCUT2D eigenvalue weighted by Crippen LogP contribution is 2.39. The number of carbonyl (C=O) groups is 1. The van der Waals surface area contributed by atoms with Crippen LogP contribution in [0.2, 0.25) is 18.1 Å². The number of rotatable bonds is 2. The van der Waals surface area contributed by atoms with Gasteiger partial charge < -0.3 is 9.84 Å². The molecule has 2 rings (SSSR count). The molecule has 0 unspecified atom stereocenters. The zero-order valence-electron chi connectivity index (χ0n) is 16.0. The fourth-order valence-corrected chi connectivity index (χ4v) is 6.17. The summed E-state index contributed by atoms with van der Waals surface area (Å²) in [6, 6.07) is 1.94. The van der Waals surface area contributed by atoms with Gasteiger partial charge in [-0.2, -0.15) is 0 Å². The van der Waals surface area contributed by atoms with E-state index in [1.165, 1.54) is 0 Å². The second-order valence-corrected chi connectivity index (χ2v) is 15.0. The number of hydrogen-bond acceptors (Lipinski definition) is 4. The van der Waals surface area contributed by atoms with Gasteiger partial charge in [0.25, 0.3) is 0 Å². The molecule has 0 saturated carbocycles. The molecular formula is C18H29NO3SSi. The molecule has 6 heteroatoms. The van der Waals surface area contributed by atoms with Crippen molar-refractivity contribution >= 4 is 41.0 Å². The van der Waals surface area contributed by atoms with Gasteiger partial charge in [0.2, 0.25) is 0 Å². The van der Waals surface area contributed by atoms with Gasteiger partial charge in [0.15, 0.2) is 0 Å². The summed E-state index contributed by atoms with van der Waals surface area (Å²) in [7, 11) is -2.07. The Morgan fingerprint density at radius 2 is 1.83 bits per heavy atom. The molecule has 0 spiro atoms. The Kier molecular flexibility index (Phi) is 4.81. The van der Waals surface area contributed by atoms with E-state index >= 15 is 0 Å². The van der Waals surface area contributed by atoms with E-state index in [0.717, 1.165) is 21.1 Å². The summed E-state index contributed by atoms with van der Waals surface area (Å²) >= 11 is 1.57. The summed E-state index contributed by atoms with van der Waals surface area (Å²) in [6.45, 7) is 16.7. The van der Waals surface area contributed by atoms with Crippen molar-refractivity contribution < 1.29 is 14.6 Å². The maximum Gasteiger partial charge on any atom is 0.418 e. The van der Waals surface area contributed by atoms with Crippen LogP contribution in [0, 0.1) is 0 Å². The first-order chi connectivity index (χ1) is 10.8. The lowest BCUT2D eigenvalue weighted by Gasteiger charge is -2.38. The Labute approximate surface area is 149 Å². The average Bonchev–Trinajstić information content (AvgIpc) is 2.93. The smallest absolute Gasteiger partial charge is 0.418 e. The monoisotopic (exact) mass is 367 g/mol. The Morgan fingerprint density at radius 3 is 2.29 bits per heavy atom. The normalized spacial score (nSPS) is 13.5. The maximum absolute atomic E-state index is 13.0. The van der Waals surface area contributed by atoms with Gasteiger partial charge in [0.1, 0.15) is 13.7 Å². The van der Waals surface area contributed by atoms with Gasteiger partial charge in [0.05, 0.1) is 16.8 Å². The molecule has 24 heavy (non-hydrogen) atoms. The van der Waals surface area contributed by atoms with Gasteiger partial charge in [-0.3, -0.25) is 4.57 Å². The molecule has 4 nitrogen and oxygen atoms in total. The third-order valence-corrected chi connectivity index (χ3v) is 11.3. The molecule has 2 aromatic heterocycles. The molecule has 0 aliphatic heterocycles. The lowest BCUT2D eigenvalue weighted by Crippen LogP contribution is -2.55. The van der Waals surface area contributed by atoms with Crippen molar-refractivity contribution in [3.63, 3.8) is 0 Å². The molecule has 0 aromatic carbocycles. The molecule has 0 aliphatic rings. The largest absolute Gasteiger partial charge is 0.443 e. The lowest BCUT2D eigenvalue weighted by molar-refractivity contribution is 0.0548. The van der Waals surface area contributed by atoms with E-state index in [-0.39, 0.29) is 17.7 Å². The third-order valence-electron chi connectivity index (χ3n) is 4.87. The number of aromatic nitrogens is 1. The minimum atomic E-state index is -2.07. The zero-order chi connectivity index (χ0) is 18.5. The fourth-order valence-electron chi connectivity index (χ4n) is 2.72. The van der Waals surface area contributed by atoms with Crippen LogP contribution in [-0.4, -0.2) is 29.4 Å². The molecule has 0 bridgehead atoms. The van der Waals surface area contributed by atoms with E-state index in [1.807, 2.05) is 32.2 Å². The van der Waals surface area contributed by atoms with Crippen LogP contribution in [0.15, 0.2) is 11.4 Å². The zero-order valence-corrected chi connectivity index (χ0v) is 17.8. The summed E-state index contributed by atoms with van der Waals surface area (Å²) in [5, 5.41) is 13.0. The van der Waals surface area contributed by atoms with E-state index in [0.29, 0.717) is 0 Å². The molecule has 0 radical (unpaired) electrons. The van der Waals surface area contributed by atoms with Crippen molar-refractivity contribution in [2.24, 2.45) is 0 Å². The molecule has 0 atom stereocenters. The SMILES string of the molecule is CC(C)(C)OC(=O)n1c([Si](C)(C)C(C)(C)C)c(CO)c2sccc21. The Morgan fingerprint density at radius 1 is 1.25 bits per heavy atom. The molecule has 0 saturated heterocycles. The number of aliphatic hydroxyl groups excluding tert-OH is 1. The first-order valence-corrected chi connectivity index (χ1v) is 12.1. The summed E-state index contributed by atoms with van der Waals surface area (Å²) in [5.41, 5.74) is 1.17. The molecule has 2 heterocycles. The summed E-state index contributed by atoms with van der Waals surface area (Å²) in [6.07, 6.45) is -0.356. The number of fused-ring (bicyclic) bond motifs is 1. The van der Waals surface area contributed by atoms with Gasteiger partial charge >= 0.3 is 6.09 Å². The number of hydrogen-bond donors (Lipinski definition) is 1. The molecule has 0 amide bonds. The standard InChI is InChI=1S/C18H29NO3SSi/c1-17(2,3)22-16(21)19-13-9-10-23-14(13)12(11-20)15(19)24(7,8)18(4,5)6/h9-10,20H,11H2,1-8H3. The van der Waals surface area contributed by atoms with Crippen molar-refractivity contribution in [3.8, 4) is 0 Å². The van der Waals surface area contributed by atoms with Crippen molar-refractivity contribution in [1.82, 2.24) is 4.57 Å². The minimum Gasteiger partial charge on any atom is -0.443 e. The van der Waals surface area contributed by atoms with Crippen molar-refractivity contribution in [3.05, 3.63) is 17.0 Å². The number of carbonyl (C=O) groups excluding carboxylic acids is 1.